The lowest BCUT2D eigenvalue weighted by Gasteiger charge is -2.12. The van der Waals surface area contributed by atoms with Crippen LogP contribution in [0.4, 0.5) is 4.39 Å². The summed E-state index contributed by atoms with van der Waals surface area (Å²) in [6.45, 7) is 0. The summed E-state index contributed by atoms with van der Waals surface area (Å²) >= 11 is 1.30. The van der Waals surface area contributed by atoms with Crippen LogP contribution in [0, 0.1) is 11.7 Å². The molecule has 0 bridgehead atoms. The van der Waals surface area contributed by atoms with Crippen LogP contribution in [0.2, 0.25) is 0 Å². The molecule has 3 rings (SSSR count). The molecule has 5 nitrogen and oxygen atoms in total. The van der Waals surface area contributed by atoms with Crippen LogP contribution < -0.4 is 5.32 Å². The van der Waals surface area contributed by atoms with Crippen molar-refractivity contribution in [3.05, 3.63) is 51.7 Å². The van der Waals surface area contributed by atoms with Gasteiger partial charge in [0.15, 0.2) is 0 Å². The molecule has 1 amide bonds. The van der Waals surface area contributed by atoms with E-state index >= 15 is 0 Å². The van der Waals surface area contributed by atoms with Gasteiger partial charge in [0.05, 0.1) is 5.01 Å². The van der Waals surface area contributed by atoms with Crippen LogP contribution in [0.15, 0.2) is 29.6 Å². The first-order valence-electron chi connectivity index (χ1n) is 7.25. The predicted molar refractivity (Wildman–Crippen MR) is 82.9 cm³/mol. The molecule has 1 fully saturated rings. The second-order valence-corrected chi connectivity index (χ2v) is 6.50. The predicted octanol–water partition coefficient (Wildman–Crippen LogP) is 2.47. The van der Waals surface area contributed by atoms with Gasteiger partial charge in [0.2, 0.25) is 0 Å². The summed E-state index contributed by atoms with van der Waals surface area (Å²) in [5.41, 5.74) is 0.973. The molecule has 1 unspecified atom stereocenters. The summed E-state index contributed by atoms with van der Waals surface area (Å²) in [6.07, 6.45) is 2.07. The van der Waals surface area contributed by atoms with Crippen LogP contribution in [-0.2, 0) is 11.2 Å². The number of amides is 1. The molecule has 1 aromatic heterocycles. The van der Waals surface area contributed by atoms with Crippen molar-refractivity contribution < 1.29 is 19.1 Å². The topological polar surface area (TPSA) is 79.3 Å². The fourth-order valence-corrected chi connectivity index (χ4v) is 3.15. The van der Waals surface area contributed by atoms with E-state index in [-0.39, 0.29) is 17.4 Å². The molecule has 2 aromatic rings. The molecule has 1 saturated carbocycles. The average molecular weight is 334 g/mol. The summed E-state index contributed by atoms with van der Waals surface area (Å²) in [6, 6.07) is 5.36. The highest BCUT2D eigenvalue weighted by molar-refractivity contribution is 7.09. The van der Waals surface area contributed by atoms with Gasteiger partial charge in [-0.25, -0.2) is 14.2 Å². The largest absolute Gasteiger partial charge is 0.480 e. The summed E-state index contributed by atoms with van der Waals surface area (Å²) in [4.78, 5) is 27.5. The number of rotatable bonds is 6. The van der Waals surface area contributed by atoms with Crippen molar-refractivity contribution in [2.75, 3.05) is 0 Å². The Hall–Kier alpha value is -2.28. The number of carbonyl (C=O) groups excluding carboxylic acids is 1. The number of hydrogen-bond acceptors (Lipinski definition) is 4. The Labute approximate surface area is 136 Å². The van der Waals surface area contributed by atoms with Gasteiger partial charge in [-0.15, -0.1) is 11.3 Å². The second-order valence-electron chi connectivity index (χ2n) is 5.56. The quantitative estimate of drug-likeness (QED) is 0.850. The van der Waals surface area contributed by atoms with E-state index in [9.17, 15) is 14.0 Å². The number of halogens is 1. The monoisotopic (exact) mass is 334 g/mol. The fraction of sp³-hybridized carbons (Fsp3) is 0.312. The molecule has 0 aliphatic heterocycles. The molecule has 0 radical (unpaired) electrons. The second kappa shape index (κ2) is 6.45. The summed E-state index contributed by atoms with van der Waals surface area (Å²) < 4.78 is 13.2. The molecule has 1 heterocycles. The fourth-order valence-electron chi connectivity index (χ4n) is 2.34. The van der Waals surface area contributed by atoms with Crippen LogP contribution >= 0.6 is 11.3 Å². The van der Waals surface area contributed by atoms with Gasteiger partial charge in [-0.2, -0.15) is 0 Å². The van der Waals surface area contributed by atoms with E-state index < -0.39 is 17.9 Å². The molecule has 2 N–H and O–H groups in total. The van der Waals surface area contributed by atoms with Crippen molar-refractivity contribution in [3.8, 4) is 0 Å². The van der Waals surface area contributed by atoms with Gasteiger partial charge in [0.1, 0.15) is 17.6 Å². The van der Waals surface area contributed by atoms with Gasteiger partial charge in [-0.3, -0.25) is 4.79 Å². The summed E-state index contributed by atoms with van der Waals surface area (Å²) in [5.74, 6) is -1.80. The maximum absolute atomic E-state index is 13.2. The van der Waals surface area contributed by atoms with Crippen molar-refractivity contribution in [1.82, 2.24) is 10.3 Å². The first-order valence-corrected chi connectivity index (χ1v) is 8.13. The minimum atomic E-state index is -1.02. The number of nitrogens with one attached hydrogen (secondary N) is 1. The van der Waals surface area contributed by atoms with Gasteiger partial charge < -0.3 is 10.4 Å². The Kier molecular flexibility index (Phi) is 4.38. The summed E-state index contributed by atoms with van der Waals surface area (Å²) in [5, 5.41) is 13.9. The third-order valence-electron chi connectivity index (χ3n) is 3.67. The minimum absolute atomic E-state index is 0.0156. The zero-order chi connectivity index (χ0) is 16.4. The van der Waals surface area contributed by atoms with E-state index in [0.29, 0.717) is 11.4 Å². The molecule has 1 aliphatic rings. The standard InChI is InChI=1S/C16H15FN2O3S/c17-11-3-1-2-9(6-11)7-13-18-12(8-23-13)15(20)19-14(16(21)22)10-4-5-10/h1-3,6,8,10,14H,4-5,7H2,(H,19,20)(H,21,22). The number of carboxylic acid groups (broad SMARTS) is 1. The third kappa shape index (κ3) is 3.92. The van der Waals surface area contributed by atoms with Crippen LogP contribution in [0.5, 0.6) is 0 Å². The molecule has 0 saturated heterocycles. The number of aliphatic carboxylic acids is 1. The normalized spacial score (nSPS) is 15.2. The highest BCUT2D eigenvalue weighted by Gasteiger charge is 2.37. The number of carboxylic acids is 1. The van der Waals surface area contributed by atoms with Crippen LogP contribution in [0.25, 0.3) is 0 Å². The lowest BCUT2D eigenvalue weighted by molar-refractivity contribution is -0.139. The maximum Gasteiger partial charge on any atom is 0.326 e. The number of aromatic nitrogens is 1. The molecule has 7 heteroatoms. The third-order valence-corrected chi connectivity index (χ3v) is 4.52. The maximum atomic E-state index is 13.2. The zero-order valence-corrected chi connectivity index (χ0v) is 13.0. The Bertz CT molecular complexity index is 742. The molecule has 1 aliphatic carbocycles. The SMILES string of the molecule is O=C(NC(C(=O)O)C1CC1)c1csc(Cc2cccc(F)c2)n1. The van der Waals surface area contributed by atoms with Gasteiger partial charge in [0, 0.05) is 11.8 Å². The number of benzene rings is 1. The van der Waals surface area contributed by atoms with Crippen LogP contribution in [-0.4, -0.2) is 28.0 Å². The van der Waals surface area contributed by atoms with E-state index in [2.05, 4.69) is 10.3 Å². The Morgan fingerprint density at radius 1 is 1.43 bits per heavy atom. The first-order chi connectivity index (χ1) is 11.0. The van der Waals surface area contributed by atoms with Gasteiger partial charge >= 0.3 is 5.97 Å². The van der Waals surface area contributed by atoms with Gasteiger partial charge in [-0.05, 0) is 36.5 Å². The Morgan fingerprint density at radius 2 is 2.22 bits per heavy atom. The molecule has 120 valence electrons. The van der Waals surface area contributed by atoms with Crippen molar-refractivity contribution in [1.29, 1.82) is 0 Å². The highest BCUT2D eigenvalue weighted by atomic mass is 32.1. The van der Waals surface area contributed by atoms with E-state index in [0.717, 1.165) is 18.4 Å². The van der Waals surface area contributed by atoms with Gasteiger partial charge in [0.25, 0.3) is 5.91 Å². The summed E-state index contributed by atoms with van der Waals surface area (Å²) in [7, 11) is 0. The van der Waals surface area contributed by atoms with E-state index in [1.165, 1.54) is 23.5 Å². The van der Waals surface area contributed by atoms with Crippen molar-refractivity contribution in [2.45, 2.75) is 25.3 Å². The first kappa shape index (κ1) is 15.6. The minimum Gasteiger partial charge on any atom is -0.480 e. The lowest BCUT2D eigenvalue weighted by Crippen LogP contribution is -2.42. The molecule has 1 aromatic carbocycles. The molecule has 0 spiro atoms. The number of carbonyl (C=O) groups is 2. The van der Waals surface area contributed by atoms with Crippen LogP contribution in [0.3, 0.4) is 0 Å². The number of hydrogen-bond donors (Lipinski definition) is 2. The molecule has 1 atom stereocenters. The average Bonchev–Trinajstić information content (AvgIpc) is 3.23. The Morgan fingerprint density at radius 3 is 2.87 bits per heavy atom. The van der Waals surface area contributed by atoms with Gasteiger partial charge in [-0.1, -0.05) is 12.1 Å². The van der Waals surface area contributed by atoms with E-state index in [1.54, 1.807) is 17.5 Å². The molecule has 23 heavy (non-hydrogen) atoms. The van der Waals surface area contributed by atoms with E-state index in [1.807, 2.05) is 0 Å². The number of thiazole rings is 1. The zero-order valence-electron chi connectivity index (χ0n) is 12.2. The van der Waals surface area contributed by atoms with Crippen molar-refractivity contribution in [3.63, 3.8) is 0 Å². The highest BCUT2D eigenvalue weighted by Crippen LogP contribution is 2.32. The van der Waals surface area contributed by atoms with E-state index in [4.69, 9.17) is 5.11 Å². The Balaban J connectivity index is 1.66. The molecular formula is C16H15FN2O3S. The van der Waals surface area contributed by atoms with Crippen molar-refractivity contribution >= 4 is 23.2 Å². The van der Waals surface area contributed by atoms with Crippen LogP contribution in [0.1, 0.15) is 33.9 Å². The van der Waals surface area contributed by atoms with Crippen molar-refractivity contribution in [2.24, 2.45) is 5.92 Å². The molecular weight excluding hydrogens is 319 g/mol. The number of nitrogens with zero attached hydrogens (tertiary/aromatic N) is 1. The lowest BCUT2D eigenvalue weighted by atomic mass is 10.1. The smallest absolute Gasteiger partial charge is 0.326 e.